The van der Waals surface area contributed by atoms with Gasteiger partial charge in [0.05, 0.1) is 18.9 Å². The Morgan fingerprint density at radius 2 is 2.41 bits per heavy atom. The van der Waals surface area contributed by atoms with Crippen molar-refractivity contribution in [1.82, 2.24) is 10.3 Å². The van der Waals surface area contributed by atoms with E-state index in [-0.39, 0.29) is 6.04 Å². The monoisotopic (exact) mass is 232 g/mol. The fourth-order valence-electron chi connectivity index (χ4n) is 2.24. The maximum absolute atomic E-state index is 5.45. The molecular formula is C14H20N2O. The second-order valence-electron chi connectivity index (χ2n) is 4.34. The largest absolute Gasteiger partial charge is 0.501 e. The number of nitrogens with one attached hydrogen (secondary N) is 1. The van der Waals surface area contributed by atoms with E-state index < -0.39 is 0 Å². The van der Waals surface area contributed by atoms with E-state index in [2.05, 4.69) is 30.2 Å². The maximum Gasteiger partial charge on any atom is 0.0876 e. The highest BCUT2D eigenvalue weighted by Crippen LogP contribution is 2.28. The van der Waals surface area contributed by atoms with Gasteiger partial charge in [0.25, 0.3) is 0 Å². The predicted octanol–water partition coefficient (Wildman–Crippen LogP) is 2.73. The summed E-state index contributed by atoms with van der Waals surface area (Å²) in [5.41, 5.74) is 3.67. The summed E-state index contributed by atoms with van der Waals surface area (Å²) in [4.78, 5) is 4.37. The molecule has 0 saturated carbocycles. The molecule has 0 aromatic carbocycles. The van der Waals surface area contributed by atoms with Crippen LogP contribution in [0.25, 0.3) is 0 Å². The third-order valence-corrected chi connectivity index (χ3v) is 3.10. The van der Waals surface area contributed by atoms with Gasteiger partial charge in [-0.15, -0.1) is 0 Å². The maximum atomic E-state index is 5.45. The Morgan fingerprint density at radius 1 is 1.53 bits per heavy atom. The Labute approximate surface area is 103 Å². The normalized spacial score (nSPS) is 17.2. The van der Waals surface area contributed by atoms with Crippen molar-refractivity contribution in [3.05, 3.63) is 41.4 Å². The van der Waals surface area contributed by atoms with Crippen molar-refractivity contribution in [2.24, 2.45) is 0 Å². The van der Waals surface area contributed by atoms with Gasteiger partial charge >= 0.3 is 0 Å². The first-order valence-corrected chi connectivity index (χ1v) is 6.28. The topological polar surface area (TPSA) is 34.1 Å². The highest BCUT2D eigenvalue weighted by molar-refractivity contribution is 5.30. The molecule has 1 aromatic rings. The van der Waals surface area contributed by atoms with Crippen LogP contribution < -0.4 is 5.32 Å². The first-order valence-electron chi connectivity index (χ1n) is 6.28. The fraction of sp³-hybridized carbons (Fsp3) is 0.500. The van der Waals surface area contributed by atoms with Crippen LogP contribution in [0.1, 0.15) is 37.1 Å². The van der Waals surface area contributed by atoms with Crippen molar-refractivity contribution in [3.8, 4) is 0 Å². The Kier molecular flexibility index (Phi) is 4.15. The summed E-state index contributed by atoms with van der Waals surface area (Å²) in [5, 5.41) is 3.52. The lowest BCUT2D eigenvalue weighted by Gasteiger charge is -2.25. The first kappa shape index (κ1) is 12.1. The molecule has 0 spiro atoms. The number of aryl methyl sites for hydroxylation is 1. The first-order chi connectivity index (χ1) is 8.33. The molecule has 1 aliphatic heterocycles. The standard InChI is InChI=1S/C14H20N2O/c1-3-15-14(12-6-5-9-17-10-12)13-7-4-8-16-11(13)2/h4,7-8,10,14-15H,3,5-6,9H2,1-2H3. The zero-order valence-corrected chi connectivity index (χ0v) is 10.6. The van der Waals surface area contributed by atoms with Crippen LogP contribution in [0, 0.1) is 6.92 Å². The minimum Gasteiger partial charge on any atom is -0.501 e. The second kappa shape index (κ2) is 5.82. The summed E-state index contributed by atoms with van der Waals surface area (Å²) in [6, 6.07) is 4.39. The van der Waals surface area contributed by atoms with Crippen LogP contribution in [0.5, 0.6) is 0 Å². The summed E-state index contributed by atoms with van der Waals surface area (Å²) >= 11 is 0. The Balaban J connectivity index is 2.28. The number of nitrogens with zero attached hydrogens (tertiary/aromatic N) is 1. The lowest BCUT2D eigenvalue weighted by atomic mass is 9.94. The molecule has 3 heteroatoms. The summed E-state index contributed by atoms with van der Waals surface area (Å²) in [7, 11) is 0. The number of likely N-dealkylation sites (N-methyl/N-ethyl adjacent to an activating group) is 1. The molecule has 1 atom stereocenters. The average molecular weight is 232 g/mol. The van der Waals surface area contributed by atoms with Gasteiger partial charge in [0.2, 0.25) is 0 Å². The molecule has 0 saturated heterocycles. The summed E-state index contributed by atoms with van der Waals surface area (Å²) in [6.07, 6.45) is 5.97. The SMILES string of the molecule is CCNC(C1=COCCC1)c1cccnc1C. The quantitative estimate of drug-likeness (QED) is 0.866. The third kappa shape index (κ3) is 2.86. The van der Waals surface area contributed by atoms with E-state index in [1.54, 1.807) is 0 Å². The van der Waals surface area contributed by atoms with Crippen LogP contribution in [0.15, 0.2) is 30.2 Å². The van der Waals surface area contributed by atoms with E-state index in [0.29, 0.717) is 0 Å². The molecule has 0 amide bonds. The van der Waals surface area contributed by atoms with Gasteiger partial charge in [-0.2, -0.15) is 0 Å². The van der Waals surface area contributed by atoms with Crippen molar-refractivity contribution in [1.29, 1.82) is 0 Å². The van der Waals surface area contributed by atoms with Crippen molar-refractivity contribution < 1.29 is 4.74 Å². The molecule has 0 bridgehead atoms. The molecule has 1 unspecified atom stereocenters. The van der Waals surface area contributed by atoms with Gasteiger partial charge in [-0.05, 0) is 43.5 Å². The molecule has 0 aliphatic carbocycles. The summed E-state index contributed by atoms with van der Waals surface area (Å²) in [5.74, 6) is 0. The molecule has 2 rings (SSSR count). The predicted molar refractivity (Wildman–Crippen MR) is 68.7 cm³/mol. The number of rotatable bonds is 4. The average Bonchev–Trinajstić information content (AvgIpc) is 2.38. The van der Waals surface area contributed by atoms with E-state index >= 15 is 0 Å². The molecule has 1 N–H and O–H groups in total. The zero-order valence-electron chi connectivity index (χ0n) is 10.6. The number of pyridine rings is 1. The zero-order chi connectivity index (χ0) is 12.1. The van der Waals surface area contributed by atoms with E-state index in [1.165, 1.54) is 11.1 Å². The van der Waals surface area contributed by atoms with E-state index in [0.717, 1.165) is 31.7 Å². The number of ether oxygens (including phenoxy) is 1. The molecular weight excluding hydrogens is 212 g/mol. The van der Waals surface area contributed by atoms with Gasteiger partial charge in [-0.1, -0.05) is 13.0 Å². The third-order valence-electron chi connectivity index (χ3n) is 3.10. The molecule has 0 radical (unpaired) electrons. The molecule has 1 aliphatic rings. The fourth-order valence-corrected chi connectivity index (χ4v) is 2.24. The van der Waals surface area contributed by atoms with Gasteiger partial charge < -0.3 is 10.1 Å². The van der Waals surface area contributed by atoms with Crippen molar-refractivity contribution in [2.45, 2.75) is 32.7 Å². The highest BCUT2D eigenvalue weighted by atomic mass is 16.5. The van der Waals surface area contributed by atoms with Crippen LogP contribution in [-0.4, -0.2) is 18.1 Å². The molecule has 3 nitrogen and oxygen atoms in total. The van der Waals surface area contributed by atoms with E-state index in [1.807, 2.05) is 18.5 Å². The van der Waals surface area contributed by atoms with Gasteiger partial charge in [0.1, 0.15) is 0 Å². The number of aromatic nitrogens is 1. The van der Waals surface area contributed by atoms with Gasteiger partial charge in [0.15, 0.2) is 0 Å². The smallest absolute Gasteiger partial charge is 0.0876 e. The van der Waals surface area contributed by atoms with Crippen LogP contribution in [-0.2, 0) is 4.74 Å². The molecule has 1 aromatic heterocycles. The van der Waals surface area contributed by atoms with E-state index in [9.17, 15) is 0 Å². The van der Waals surface area contributed by atoms with Gasteiger partial charge in [-0.25, -0.2) is 0 Å². The minimum atomic E-state index is 0.244. The van der Waals surface area contributed by atoms with Crippen molar-refractivity contribution >= 4 is 0 Å². The molecule has 92 valence electrons. The van der Waals surface area contributed by atoms with Crippen molar-refractivity contribution in [3.63, 3.8) is 0 Å². The summed E-state index contributed by atoms with van der Waals surface area (Å²) in [6.45, 7) is 5.97. The second-order valence-corrected chi connectivity index (χ2v) is 4.34. The van der Waals surface area contributed by atoms with Crippen molar-refractivity contribution in [2.75, 3.05) is 13.2 Å². The molecule has 2 heterocycles. The molecule has 0 fully saturated rings. The van der Waals surface area contributed by atoms with Gasteiger partial charge in [-0.3, -0.25) is 4.98 Å². The lowest BCUT2D eigenvalue weighted by molar-refractivity contribution is 0.219. The van der Waals surface area contributed by atoms with Crippen LogP contribution >= 0.6 is 0 Å². The van der Waals surface area contributed by atoms with Gasteiger partial charge in [0, 0.05) is 11.9 Å². The summed E-state index contributed by atoms with van der Waals surface area (Å²) < 4.78 is 5.45. The van der Waals surface area contributed by atoms with Crippen LogP contribution in [0.4, 0.5) is 0 Å². The number of hydrogen-bond donors (Lipinski definition) is 1. The Morgan fingerprint density at radius 3 is 3.06 bits per heavy atom. The van der Waals surface area contributed by atoms with Crippen LogP contribution in [0.2, 0.25) is 0 Å². The van der Waals surface area contributed by atoms with E-state index in [4.69, 9.17) is 4.74 Å². The molecule has 17 heavy (non-hydrogen) atoms. The highest BCUT2D eigenvalue weighted by Gasteiger charge is 2.19. The Bertz CT molecular complexity index is 401. The Hall–Kier alpha value is -1.35. The lowest BCUT2D eigenvalue weighted by Crippen LogP contribution is -2.25. The number of hydrogen-bond acceptors (Lipinski definition) is 3. The minimum absolute atomic E-state index is 0.244. The van der Waals surface area contributed by atoms with Crippen LogP contribution in [0.3, 0.4) is 0 Å².